The van der Waals surface area contributed by atoms with Crippen LogP contribution in [0.25, 0.3) is 0 Å². The highest BCUT2D eigenvalue weighted by Crippen LogP contribution is 2.33. The minimum Gasteiger partial charge on any atom is -0.395 e. The third-order valence-corrected chi connectivity index (χ3v) is 4.17. The number of halogens is 1. The topological polar surface area (TPSA) is 36.4 Å². The van der Waals surface area contributed by atoms with Gasteiger partial charge in [-0.15, -0.1) is 0 Å². The molecule has 1 aromatic rings. The predicted octanol–water partition coefficient (Wildman–Crippen LogP) is 2.50. The second kappa shape index (κ2) is 5.15. The van der Waals surface area contributed by atoms with E-state index in [1.807, 2.05) is 12.3 Å². The van der Waals surface area contributed by atoms with E-state index in [1.54, 1.807) is 0 Å². The van der Waals surface area contributed by atoms with E-state index >= 15 is 0 Å². The Kier molecular flexibility index (Phi) is 3.82. The van der Waals surface area contributed by atoms with Crippen molar-refractivity contribution >= 4 is 21.7 Å². The summed E-state index contributed by atoms with van der Waals surface area (Å²) < 4.78 is 1.05. The predicted molar refractivity (Wildman–Crippen MR) is 68.7 cm³/mol. The SMILES string of the molecule is Cc1ccnc(N(CCO)C2CCC2)c1Br. The third-order valence-electron chi connectivity index (χ3n) is 3.19. The first-order chi connectivity index (χ1) is 7.74. The molecule has 1 aromatic heterocycles. The van der Waals surface area contributed by atoms with Crippen molar-refractivity contribution in [1.82, 2.24) is 4.98 Å². The van der Waals surface area contributed by atoms with Crippen LogP contribution in [0.15, 0.2) is 16.7 Å². The first kappa shape index (κ1) is 11.9. The minimum absolute atomic E-state index is 0.179. The summed E-state index contributed by atoms with van der Waals surface area (Å²) in [4.78, 5) is 6.65. The van der Waals surface area contributed by atoms with Crippen molar-refractivity contribution in [3.63, 3.8) is 0 Å². The van der Waals surface area contributed by atoms with Gasteiger partial charge in [-0.25, -0.2) is 4.98 Å². The summed E-state index contributed by atoms with van der Waals surface area (Å²) >= 11 is 3.59. The summed E-state index contributed by atoms with van der Waals surface area (Å²) in [6.45, 7) is 2.91. The number of rotatable bonds is 4. The number of pyridine rings is 1. The maximum Gasteiger partial charge on any atom is 0.143 e. The van der Waals surface area contributed by atoms with E-state index in [0.29, 0.717) is 12.6 Å². The molecular weight excluding hydrogens is 268 g/mol. The fourth-order valence-corrected chi connectivity index (χ4v) is 2.46. The van der Waals surface area contributed by atoms with Crippen molar-refractivity contribution in [2.75, 3.05) is 18.1 Å². The van der Waals surface area contributed by atoms with E-state index in [2.05, 4.69) is 32.7 Å². The summed E-state index contributed by atoms with van der Waals surface area (Å²) in [6.07, 6.45) is 5.54. The molecule has 1 heterocycles. The van der Waals surface area contributed by atoms with Crippen LogP contribution in [-0.2, 0) is 0 Å². The van der Waals surface area contributed by atoms with E-state index in [0.717, 1.165) is 10.3 Å². The summed E-state index contributed by atoms with van der Waals surface area (Å²) in [7, 11) is 0. The van der Waals surface area contributed by atoms with Crippen LogP contribution in [0.4, 0.5) is 5.82 Å². The summed E-state index contributed by atoms with van der Waals surface area (Å²) in [5, 5.41) is 9.14. The highest BCUT2D eigenvalue weighted by molar-refractivity contribution is 9.10. The maximum absolute atomic E-state index is 9.14. The highest BCUT2D eigenvalue weighted by atomic mass is 79.9. The molecule has 1 N–H and O–H groups in total. The molecular formula is C12H17BrN2O. The summed E-state index contributed by atoms with van der Waals surface area (Å²) in [6, 6.07) is 2.55. The molecule has 0 unspecified atom stereocenters. The largest absolute Gasteiger partial charge is 0.395 e. The van der Waals surface area contributed by atoms with Crippen molar-refractivity contribution in [1.29, 1.82) is 0 Å². The third kappa shape index (κ3) is 2.23. The lowest BCUT2D eigenvalue weighted by Gasteiger charge is -2.38. The normalized spacial score (nSPS) is 15.9. The van der Waals surface area contributed by atoms with Gasteiger partial charge in [0.2, 0.25) is 0 Å². The Hall–Kier alpha value is -0.610. The molecule has 0 bridgehead atoms. The smallest absolute Gasteiger partial charge is 0.143 e. The van der Waals surface area contributed by atoms with Crippen molar-refractivity contribution < 1.29 is 5.11 Å². The van der Waals surface area contributed by atoms with Gasteiger partial charge in [0.1, 0.15) is 5.82 Å². The standard InChI is InChI=1S/C12H17BrN2O/c1-9-5-6-14-12(11(9)13)15(7-8-16)10-3-2-4-10/h5-6,10,16H,2-4,7-8H2,1H3. The quantitative estimate of drug-likeness (QED) is 0.923. The Bertz CT molecular complexity index is 366. The first-order valence-electron chi connectivity index (χ1n) is 5.72. The molecule has 0 amide bonds. The molecule has 1 fully saturated rings. The number of anilines is 1. The lowest BCUT2D eigenvalue weighted by atomic mass is 9.91. The van der Waals surface area contributed by atoms with Gasteiger partial charge in [0, 0.05) is 18.8 Å². The molecule has 0 saturated heterocycles. The highest BCUT2D eigenvalue weighted by Gasteiger charge is 2.27. The number of nitrogens with zero attached hydrogens (tertiary/aromatic N) is 2. The molecule has 3 nitrogen and oxygen atoms in total. The fourth-order valence-electron chi connectivity index (χ4n) is 1.99. The fraction of sp³-hybridized carbons (Fsp3) is 0.583. The van der Waals surface area contributed by atoms with Gasteiger partial charge in [0.25, 0.3) is 0 Å². The van der Waals surface area contributed by atoms with Crippen molar-refractivity contribution in [3.05, 3.63) is 22.3 Å². The van der Waals surface area contributed by atoms with Crippen molar-refractivity contribution in [2.45, 2.75) is 32.2 Å². The monoisotopic (exact) mass is 284 g/mol. The minimum atomic E-state index is 0.179. The van der Waals surface area contributed by atoms with Crippen LogP contribution in [0.1, 0.15) is 24.8 Å². The van der Waals surface area contributed by atoms with E-state index in [1.165, 1.54) is 24.8 Å². The molecule has 0 atom stereocenters. The molecule has 1 aliphatic rings. The summed E-state index contributed by atoms with van der Waals surface area (Å²) in [5.41, 5.74) is 1.19. The molecule has 1 aliphatic carbocycles. The van der Waals surface area contributed by atoms with E-state index < -0.39 is 0 Å². The maximum atomic E-state index is 9.14. The Morgan fingerprint density at radius 1 is 1.56 bits per heavy atom. The molecule has 0 aliphatic heterocycles. The molecule has 4 heteroatoms. The average Bonchev–Trinajstić information content (AvgIpc) is 2.19. The van der Waals surface area contributed by atoms with Crippen LogP contribution >= 0.6 is 15.9 Å². The molecule has 16 heavy (non-hydrogen) atoms. The zero-order valence-corrected chi connectivity index (χ0v) is 11.1. The van der Waals surface area contributed by atoms with Gasteiger partial charge >= 0.3 is 0 Å². The molecule has 2 rings (SSSR count). The number of aromatic nitrogens is 1. The second-order valence-electron chi connectivity index (χ2n) is 4.27. The number of hydrogen-bond acceptors (Lipinski definition) is 3. The van der Waals surface area contributed by atoms with Gasteiger partial charge < -0.3 is 10.0 Å². The zero-order valence-electron chi connectivity index (χ0n) is 9.49. The van der Waals surface area contributed by atoms with Crippen LogP contribution < -0.4 is 4.90 Å². The summed E-state index contributed by atoms with van der Waals surface area (Å²) in [5.74, 6) is 0.971. The molecule has 88 valence electrons. The van der Waals surface area contributed by atoms with E-state index in [4.69, 9.17) is 5.11 Å². The lowest BCUT2D eigenvalue weighted by molar-refractivity contribution is 0.283. The van der Waals surface area contributed by atoms with Crippen LogP contribution in [0, 0.1) is 6.92 Å². The number of hydrogen-bond donors (Lipinski definition) is 1. The van der Waals surface area contributed by atoms with Gasteiger partial charge in [0.05, 0.1) is 11.1 Å². The van der Waals surface area contributed by atoms with Gasteiger partial charge in [-0.3, -0.25) is 0 Å². The first-order valence-corrected chi connectivity index (χ1v) is 6.52. The van der Waals surface area contributed by atoms with E-state index in [9.17, 15) is 0 Å². The van der Waals surface area contributed by atoms with Gasteiger partial charge in [0.15, 0.2) is 0 Å². The van der Waals surface area contributed by atoms with Crippen LogP contribution in [0.5, 0.6) is 0 Å². The van der Waals surface area contributed by atoms with Gasteiger partial charge in [-0.2, -0.15) is 0 Å². The van der Waals surface area contributed by atoms with Gasteiger partial charge in [-0.05, 0) is 53.7 Å². The van der Waals surface area contributed by atoms with Crippen LogP contribution in [-0.4, -0.2) is 29.3 Å². The van der Waals surface area contributed by atoms with Crippen LogP contribution in [0.3, 0.4) is 0 Å². The Morgan fingerprint density at radius 2 is 2.31 bits per heavy atom. The number of aliphatic hydroxyl groups is 1. The molecule has 1 saturated carbocycles. The molecule has 0 aromatic carbocycles. The second-order valence-corrected chi connectivity index (χ2v) is 5.06. The Balaban J connectivity index is 2.26. The zero-order chi connectivity index (χ0) is 11.5. The van der Waals surface area contributed by atoms with Crippen molar-refractivity contribution in [3.8, 4) is 0 Å². The Morgan fingerprint density at radius 3 is 2.88 bits per heavy atom. The Labute approximate surface area is 105 Å². The molecule has 0 spiro atoms. The van der Waals surface area contributed by atoms with Gasteiger partial charge in [-0.1, -0.05) is 0 Å². The van der Waals surface area contributed by atoms with Crippen LogP contribution in [0.2, 0.25) is 0 Å². The van der Waals surface area contributed by atoms with E-state index in [-0.39, 0.29) is 6.61 Å². The average molecular weight is 285 g/mol. The number of aryl methyl sites for hydroxylation is 1. The lowest BCUT2D eigenvalue weighted by Crippen LogP contribution is -2.42. The van der Waals surface area contributed by atoms with Crippen molar-refractivity contribution in [2.24, 2.45) is 0 Å². The number of aliphatic hydroxyl groups excluding tert-OH is 1. The molecule has 0 radical (unpaired) electrons.